The average Bonchev–Trinajstić information content (AvgIpc) is 3.31. The van der Waals surface area contributed by atoms with Crippen LogP contribution in [0.4, 0.5) is 0 Å². The van der Waals surface area contributed by atoms with Gasteiger partial charge in [0.2, 0.25) is 0 Å². The van der Waals surface area contributed by atoms with Crippen LogP contribution in [-0.2, 0) is 25.4 Å². The molecule has 5 nitrogen and oxygen atoms in total. The van der Waals surface area contributed by atoms with Crippen LogP contribution in [0.15, 0.2) is 54.6 Å². The molecule has 2 aromatic rings. The van der Waals surface area contributed by atoms with Crippen molar-refractivity contribution in [3.63, 3.8) is 0 Å². The zero-order valence-electron chi connectivity index (χ0n) is 15.2. The number of benzene rings is 2. The summed E-state index contributed by atoms with van der Waals surface area (Å²) in [7, 11) is 1.68. The van der Waals surface area contributed by atoms with Crippen LogP contribution in [0.5, 0.6) is 5.75 Å². The lowest BCUT2D eigenvalue weighted by Gasteiger charge is -2.33. The molecule has 0 aliphatic carbocycles. The Hall–Kier alpha value is -1.92. The molecule has 3 aliphatic rings. The van der Waals surface area contributed by atoms with Gasteiger partial charge in [0, 0.05) is 0 Å². The van der Waals surface area contributed by atoms with E-state index in [0.29, 0.717) is 6.61 Å². The molecule has 5 atom stereocenters. The smallest absolute Gasteiger partial charge is 0.149 e. The summed E-state index contributed by atoms with van der Waals surface area (Å²) in [6.07, 6.45) is -0.489. The molecule has 3 fully saturated rings. The van der Waals surface area contributed by atoms with Gasteiger partial charge in [-0.3, -0.25) is 0 Å². The molecule has 3 heterocycles. The van der Waals surface area contributed by atoms with Crippen molar-refractivity contribution >= 4 is 0 Å². The van der Waals surface area contributed by atoms with Gasteiger partial charge in [0.1, 0.15) is 35.6 Å². The number of hydrogen-bond donors (Lipinski definition) is 0. The molecule has 26 heavy (non-hydrogen) atoms. The van der Waals surface area contributed by atoms with Crippen LogP contribution in [0.25, 0.3) is 0 Å². The Labute approximate surface area is 153 Å². The minimum atomic E-state index is -0.590. The summed E-state index contributed by atoms with van der Waals surface area (Å²) in [6.45, 7) is 4.75. The average molecular weight is 353 g/mol. The van der Waals surface area contributed by atoms with Gasteiger partial charge in [-0.05, 0) is 37.1 Å². The molecule has 0 amide bonds. The van der Waals surface area contributed by atoms with Gasteiger partial charge < -0.3 is 18.9 Å². The highest BCUT2D eigenvalue weighted by Crippen LogP contribution is 2.55. The molecule has 3 aliphatic heterocycles. The third-order valence-corrected chi connectivity index (χ3v) is 5.94. The van der Waals surface area contributed by atoms with Crippen molar-refractivity contribution in [3.8, 4) is 5.75 Å². The van der Waals surface area contributed by atoms with Crippen LogP contribution >= 0.6 is 0 Å². The lowest BCUT2D eigenvalue weighted by Crippen LogP contribution is -2.40. The highest BCUT2D eigenvalue weighted by molar-refractivity contribution is 5.35. The van der Waals surface area contributed by atoms with Crippen LogP contribution in [0.3, 0.4) is 0 Å². The molecule has 136 valence electrons. The fourth-order valence-electron chi connectivity index (χ4n) is 4.52. The number of rotatable bonds is 3. The van der Waals surface area contributed by atoms with E-state index < -0.39 is 11.2 Å². The molecular weight excluding hydrogens is 330 g/mol. The lowest BCUT2D eigenvalue weighted by molar-refractivity contribution is -0.138. The predicted octanol–water partition coefficient (Wildman–Crippen LogP) is 3.20. The topological polar surface area (TPSA) is 40.2 Å². The summed E-state index contributed by atoms with van der Waals surface area (Å²) in [5.74, 6) is 0.816. The summed E-state index contributed by atoms with van der Waals surface area (Å²) >= 11 is 0. The first-order valence-electron chi connectivity index (χ1n) is 9.01. The van der Waals surface area contributed by atoms with Gasteiger partial charge >= 0.3 is 0 Å². The normalized spacial score (nSPS) is 38.5. The lowest BCUT2D eigenvalue weighted by atomic mass is 9.94. The second-order valence-corrected chi connectivity index (χ2v) is 7.49. The third-order valence-electron chi connectivity index (χ3n) is 5.94. The number of methoxy groups -OCH3 is 1. The van der Waals surface area contributed by atoms with Crippen molar-refractivity contribution in [3.05, 3.63) is 65.7 Å². The first-order valence-corrected chi connectivity index (χ1v) is 9.01. The van der Waals surface area contributed by atoms with Crippen molar-refractivity contribution in [2.24, 2.45) is 0 Å². The van der Waals surface area contributed by atoms with Crippen molar-refractivity contribution < 1.29 is 18.9 Å². The molecule has 0 spiro atoms. The Kier molecular flexibility index (Phi) is 3.46. The molecule has 5 heteroatoms. The molecule has 0 saturated carbocycles. The summed E-state index contributed by atoms with van der Waals surface area (Å²) in [6, 6.07) is 18.3. The van der Waals surface area contributed by atoms with Gasteiger partial charge in [-0.1, -0.05) is 42.5 Å². The van der Waals surface area contributed by atoms with Crippen LogP contribution in [0, 0.1) is 0 Å². The van der Waals surface area contributed by atoms with Crippen LogP contribution in [0.1, 0.15) is 25.0 Å². The highest BCUT2D eigenvalue weighted by Gasteiger charge is 2.68. The molecule has 2 aromatic carbocycles. The Morgan fingerprint density at radius 2 is 1.65 bits per heavy atom. The Balaban J connectivity index is 1.57. The zero-order valence-corrected chi connectivity index (χ0v) is 15.2. The van der Waals surface area contributed by atoms with Crippen LogP contribution in [0.2, 0.25) is 0 Å². The maximum absolute atomic E-state index is 6.68. The van der Waals surface area contributed by atoms with Crippen molar-refractivity contribution in [1.29, 1.82) is 0 Å². The summed E-state index contributed by atoms with van der Waals surface area (Å²) in [4.78, 5) is 2.24. The van der Waals surface area contributed by atoms with E-state index in [1.54, 1.807) is 7.11 Å². The summed E-state index contributed by atoms with van der Waals surface area (Å²) in [5, 5.41) is 0. The van der Waals surface area contributed by atoms with E-state index in [0.717, 1.165) is 16.9 Å². The maximum Gasteiger partial charge on any atom is 0.149 e. The quantitative estimate of drug-likeness (QED) is 0.847. The van der Waals surface area contributed by atoms with Crippen LogP contribution in [-0.4, -0.2) is 37.3 Å². The highest BCUT2D eigenvalue weighted by atomic mass is 16.7. The Morgan fingerprint density at radius 1 is 0.923 bits per heavy atom. The van der Waals surface area contributed by atoms with E-state index >= 15 is 0 Å². The standard InChI is InChI=1S/C21H23NO4/c1-20(14-8-5-4-6-9-14)19-22-17(25-20)13-24-18(22)21(2,26-19)15-10-7-11-16(12-15)23-3/h4-12,17-19H,13H2,1-3H3/t17-,18-,19-,20+,21+/m1/s1. The number of hydrogen-bond acceptors (Lipinski definition) is 5. The largest absolute Gasteiger partial charge is 0.497 e. The molecule has 0 N–H and O–H groups in total. The van der Waals surface area contributed by atoms with Crippen LogP contribution < -0.4 is 4.74 Å². The Morgan fingerprint density at radius 3 is 2.42 bits per heavy atom. The number of ether oxygens (including phenoxy) is 4. The maximum atomic E-state index is 6.68. The zero-order chi connectivity index (χ0) is 17.9. The Bertz CT molecular complexity index is 828. The molecule has 0 aromatic heterocycles. The molecular formula is C21H23NO4. The first kappa shape index (κ1) is 16.3. The molecule has 5 rings (SSSR count). The molecule has 0 radical (unpaired) electrons. The van der Waals surface area contributed by atoms with E-state index in [1.165, 1.54) is 0 Å². The molecule has 3 saturated heterocycles. The first-order chi connectivity index (χ1) is 12.6. The van der Waals surface area contributed by atoms with E-state index in [9.17, 15) is 0 Å². The van der Waals surface area contributed by atoms with E-state index in [1.807, 2.05) is 36.4 Å². The summed E-state index contributed by atoms with van der Waals surface area (Å²) < 4.78 is 24.6. The van der Waals surface area contributed by atoms with Gasteiger partial charge in [0.05, 0.1) is 13.7 Å². The minimum absolute atomic E-state index is 0.0948. The molecule has 0 bridgehead atoms. The SMILES string of the molecule is COc1cccc([C@]2(C)O[C@H]3N4[C@@H](CO[C@@H]42)O[C@@]3(C)c2ccccc2)c1. The van der Waals surface area contributed by atoms with Gasteiger partial charge in [0.15, 0.2) is 0 Å². The van der Waals surface area contributed by atoms with Gasteiger partial charge in [-0.2, -0.15) is 0 Å². The van der Waals surface area contributed by atoms with Crippen molar-refractivity contribution in [2.45, 2.75) is 43.7 Å². The third kappa shape index (κ3) is 2.06. The van der Waals surface area contributed by atoms with E-state index in [4.69, 9.17) is 18.9 Å². The number of nitrogens with zero attached hydrogens (tertiary/aromatic N) is 1. The fraction of sp³-hybridized carbons (Fsp3) is 0.429. The van der Waals surface area contributed by atoms with Crippen molar-refractivity contribution in [1.82, 2.24) is 4.90 Å². The molecule has 0 unspecified atom stereocenters. The van der Waals surface area contributed by atoms with Crippen molar-refractivity contribution in [2.75, 3.05) is 13.7 Å². The van der Waals surface area contributed by atoms with Gasteiger partial charge in [-0.25, -0.2) is 4.90 Å². The monoisotopic (exact) mass is 353 g/mol. The van der Waals surface area contributed by atoms with Gasteiger partial charge in [0.25, 0.3) is 0 Å². The minimum Gasteiger partial charge on any atom is -0.497 e. The second-order valence-electron chi connectivity index (χ2n) is 7.49. The predicted molar refractivity (Wildman–Crippen MR) is 95.5 cm³/mol. The fourth-order valence-corrected chi connectivity index (χ4v) is 4.52. The second kappa shape index (κ2) is 5.54. The summed E-state index contributed by atoms with van der Waals surface area (Å²) in [5.41, 5.74) is 1.04. The van der Waals surface area contributed by atoms with E-state index in [2.05, 4.69) is 36.9 Å². The van der Waals surface area contributed by atoms with E-state index in [-0.39, 0.29) is 18.7 Å². The van der Waals surface area contributed by atoms with Gasteiger partial charge in [-0.15, -0.1) is 0 Å².